The first-order chi connectivity index (χ1) is 15.4. The number of benzene rings is 3. The summed E-state index contributed by atoms with van der Waals surface area (Å²) in [5, 5.41) is 0.792. The van der Waals surface area contributed by atoms with E-state index in [4.69, 9.17) is 32.9 Å². The zero-order valence-electron chi connectivity index (χ0n) is 17.8. The Hall–Kier alpha value is -3.08. The molecule has 1 aromatic heterocycles. The van der Waals surface area contributed by atoms with E-state index in [0.717, 1.165) is 17.6 Å². The lowest BCUT2D eigenvalue weighted by molar-refractivity contribution is 0.0694. The number of aromatic nitrogens is 2. The van der Waals surface area contributed by atoms with Gasteiger partial charge in [0.2, 0.25) is 0 Å². The van der Waals surface area contributed by atoms with E-state index < -0.39 is 5.97 Å². The van der Waals surface area contributed by atoms with E-state index in [2.05, 4.69) is 18.4 Å². The first-order valence-corrected chi connectivity index (χ1v) is 11.1. The Bertz CT molecular complexity index is 1310. The number of halogens is 2. The summed E-state index contributed by atoms with van der Waals surface area (Å²) < 4.78 is 7.97. The third kappa shape index (κ3) is 4.72. The fourth-order valence-electron chi connectivity index (χ4n) is 3.48. The number of ether oxygens (including phenoxy) is 1. The van der Waals surface area contributed by atoms with Gasteiger partial charge < -0.3 is 9.30 Å². The van der Waals surface area contributed by atoms with Crippen molar-refractivity contribution in [1.29, 1.82) is 0 Å². The number of nitrogens with zero attached hydrogens (tertiary/aromatic N) is 2. The van der Waals surface area contributed by atoms with Crippen molar-refractivity contribution < 1.29 is 9.53 Å². The molecule has 0 amide bonds. The highest BCUT2D eigenvalue weighted by molar-refractivity contribution is 6.34. The van der Waals surface area contributed by atoms with Gasteiger partial charge in [-0.2, -0.15) is 0 Å². The molecule has 6 heteroatoms. The number of para-hydroxylation sites is 2. The van der Waals surface area contributed by atoms with Crippen LogP contribution in [-0.2, 0) is 11.3 Å². The van der Waals surface area contributed by atoms with Crippen LogP contribution in [0.4, 0.5) is 0 Å². The molecule has 0 fully saturated rings. The average molecular weight is 465 g/mol. The number of hydrogen-bond acceptors (Lipinski definition) is 3. The monoisotopic (exact) mass is 464 g/mol. The van der Waals surface area contributed by atoms with Crippen LogP contribution in [0.2, 0.25) is 10.0 Å². The van der Waals surface area contributed by atoms with Crippen LogP contribution in [-0.4, -0.2) is 15.5 Å². The predicted molar refractivity (Wildman–Crippen MR) is 131 cm³/mol. The van der Waals surface area contributed by atoms with Crippen LogP contribution in [0.5, 0.6) is 0 Å². The molecular weight excluding hydrogens is 443 g/mol. The Morgan fingerprint density at radius 2 is 1.53 bits per heavy atom. The molecule has 0 aliphatic heterocycles. The Kier molecular flexibility index (Phi) is 6.63. The van der Waals surface area contributed by atoms with Crippen molar-refractivity contribution >= 4 is 52.0 Å². The van der Waals surface area contributed by atoms with Gasteiger partial charge >= 0.3 is 5.97 Å². The van der Waals surface area contributed by atoms with Gasteiger partial charge in [0.05, 0.1) is 26.6 Å². The summed E-state index contributed by atoms with van der Waals surface area (Å²) in [6.45, 7) is 5.06. The molecule has 3 aromatic carbocycles. The number of fused-ring (bicyclic) bond motifs is 1. The van der Waals surface area contributed by atoms with Crippen LogP contribution >= 0.6 is 23.2 Å². The number of imidazole rings is 1. The largest absolute Gasteiger partial charge is 0.422 e. The highest BCUT2D eigenvalue weighted by Crippen LogP contribution is 2.30. The molecule has 32 heavy (non-hydrogen) atoms. The van der Waals surface area contributed by atoms with Crippen LogP contribution < -0.4 is 0 Å². The molecule has 0 saturated heterocycles. The summed E-state index contributed by atoms with van der Waals surface area (Å²) in [5.41, 5.74) is 2.76. The van der Waals surface area contributed by atoms with Gasteiger partial charge in [0.15, 0.2) is 0 Å². The second-order valence-electron chi connectivity index (χ2n) is 7.82. The summed E-state index contributed by atoms with van der Waals surface area (Å²) >= 11 is 12.7. The minimum atomic E-state index is -0.562. The first kappa shape index (κ1) is 22.1. The van der Waals surface area contributed by atoms with E-state index in [1.807, 2.05) is 42.5 Å². The molecule has 0 atom stereocenters. The van der Waals surface area contributed by atoms with E-state index in [1.54, 1.807) is 36.4 Å². The molecule has 0 unspecified atom stereocenters. The number of carbonyl (C=O) groups excluding carboxylic acids is 1. The van der Waals surface area contributed by atoms with Crippen LogP contribution in [0.15, 0.2) is 72.8 Å². The minimum absolute atomic E-state index is 0.280. The SMILES string of the molecule is CC(C)Cn1c(/C=C(/OC(=O)c2ccccc2Cl)c2ccccc2Cl)nc2ccccc21. The quantitative estimate of drug-likeness (QED) is 0.221. The van der Waals surface area contributed by atoms with Crippen molar-refractivity contribution in [3.05, 3.63) is 99.8 Å². The third-order valence-corrected chi connectivity index (χ3v) is 5.59. The van der Waals surface area contributed by atoms with E-state index in [1.165, 1.54) is 0 Å². The zero-order chi connectivity index (χ0) is 22.7. The molecule has 4 nitrogen and oxygen atoms in total. The van der Waals surface area contributed by atoms with Crippen molar-refractivity contribution in [1.82, 2.24) is 9.55 Å². The van der Waals surface area contributed by atoms with Crippen LogP contribution in [0.3, 0.4) is 0 Å². The maximum Gasteiger partial charge on any atom is 0.345 e. The molecule has 0 spiro atoms. The van der Waals surface area contributed by atoms with Gasteiger partial charge in [-0.1, -0.05) is 73.4 Å². The number of rotatable bonds is 6. The first-order valence-electron chi connectivity index (χ1n) is 10.3. The fraction of sp³-hybridized carbons (Fsp3) is 0.154. The molecule has 162 valence electrons. The smallest absolute Gasteiger partial charge is 0.345 e. The van der Waals surface area contributed by atoms with Crippen molar-refractivity contribution in [3.63, 3.8) is 0 Å². The second-order valence-corrected chi connectivity index (χ2v) is 8.64. The molecule has 4 rings (SSSR count). The Balaban J connectivity index is 1.85. The number of hydrogen-bond donors (Lipinski definition) is 0. The van der Waals surface area contributed by atoms with Gasteiger partial charge in [-0.25, -0.2) is 9.78 Å². The van der Waals surface area contributed by atoms with Crippen molar-refractivity contribution in [2.24, 2.45) is 5.92 Å². The summed E-state index contributed by atoms with van der Waals surface area (Å²) in [6, 6.07) is 22.0. The van der Waals surface area contributed by atoms with Crippen LogP contribution in [0.1, 0.15) is 35.6 Å². The lowest BCUT2D eigenvalue weighted by Crippen LogP contribution is -2.08. The van der Waals surface area contributed by atoms with E-state index >= 15 is 0 Å². The second kappa shape index (κ2) is 9.60. The summed E-state index contributed by atoms with van der Waals surface area (Å²) in [4.78, 5) is 17.8. The highest BCUT2D eigenvalue weighted by Gasteiger charge is 2.19. The Morgan fingerprint density at radius 3 is 2.19 bits per heavy atom. The minimum Gasteiger partial charge on any atom is -0.422 e. The van der Waals surface area contributed by atoms with E-state index in [0.29, 0.717) is 33.1 Å². The van der Waals surface area contributed by atoms with Gasteiger partial charge in [0.25, 0.3) is 0 Å². The fourth-order valence-corrected chi connectivity index (χ4v) is 3.93. The van der Waals surface area contributed by atoms with Crippen molar-refractivity contribution in [2.45, 2.75) is 20.4 Å². The third-order valence-electron chi connectivity index (χ3n) is 4.93. The molecule has 0 N–H and O–H groups in total. The summed E-state index contributed by atoms with van der Waals surface area (Å²) in [5.74, 6) is 0.824. The summed E-state index contributed by atoms with van der Waals surface area (Å²) in [7, 11) is 0. The van der Waals surface area contributed by atoms with E-state index in [9.17, 15) is 4.79 Å². The van der Waals surface area contributed by atoms with Crippen LogP contribution in [0.25, 0.3) is 22.9 Å². The van der Waals surface area contributed by atoms with E-state index in [-0.39, 0.29) is 5.56 Å². The van der Waals surface area contributed by atoms with Crippen molar-refractivity contribution in [3.8, 4) is 0 Å². The predicted octanol–water partition coefficient (Wildman–Crippen LogP) is 7.35. The molecule has 0 radical (unpaired) electrons. The van der Waals surface area contributed by atoms with Gasteiger partial charge in [-0.3, -0.25) is 0 Å². The molecule has 0 aliphatic carbocycles. The Labute approximate surface area is 197 Å². The van der Waals surface area contributed by atoms with Crippen LogP contribution in [0, 0.1) is 5.92 Å². The molecule has 0 aliphatic rings. The number of carbonyl (C=O) groups is 1. The van der Waals surface area contributed by atoms with Gasteiger partial charge in [-0.15, -0.1) is 0 Å². The Morgan fingerprint density at radius 1 is 0.938 bits per heavy atom. The molecule has 0 bridgehead atoms. The standard InChI is InChI=1S/C26H22Cl2N2O2/c1-17(2)16-30-23-14-8-7-13-22(23)29-25(30)15-24(18-9-3-5-11-20(18)27)32-26(31)19-10-4-6-12-21(19)28/h3-15,17H,16H2,1-2H3/b24-15+. The zero-order valence-corrected chi connectivity index (χ0v) is 19.3. The number of esters is 1. The van der Waals surface area contributed by atoms with Gasteiger partial charge in [-0.05, 0) is 42.3 Å². The maximum absolute atomic E-state index is 13.0. The van der Waals surface area contributed by atoms with Gasteiger partial charge in [0.1, 0.15) is 11.6 Å². The van der Waals surface area contributed by atoms with Crippen molar-refractivity contribution in [2.75, 3.05) is 0 Å². The molecular formula is C26H22Cl2N2O2. The highest BCUT2D eigenvalue weighted by atomic mass is 35.5. The topological polar surface area (TPSA) is 44.1 Å². The molecule has 0 saturated carbocycles. The molecule has 1 heterocycles. The lowest BCUT2D eigenvalue weighted by Gasteiger charge is -2.13. The average Bonchev–Trinajstić information content (AvgIpc) is 3.10. The normalized spacial score (nSPS) is 11.8. The lowest BCUT2D eigenvalue weighted by atomic mass is 10.1. The van der Waals surface area contributed by atoms with Gasteiger partial charge in [0, 0.05) is 18.2 Å². The summed E-state index contributed by atoms with van der Waals surface area (Å²) in [6.07, 6.45) is 1.76. The molecule has 4 aromatic rings. The maximum atomic E-state index is 13.0.